The third-order valence-corrected chi connectivity index (χ3v) is 5.10. The smallest absolute Gasteiger partial charge is 0.263 e. The predicted octanol–water partition coefficient (Wildman–Crippen LogP) is 4.40. The van der Waals surface area contributed by atoms with E-state index in [0.29, 0.717) is 17.2 Å². The lowest BCUT2D eigenvalue weighted by atomic mass is 10.1. The fourth-order valence-electron chi connectivity index (χ4n) is 2.57. The zero-order chi connectivity index (χ0) is 18.5. The number of benzene rings is 1. The highest BCUT2D eigenvalue weighted by atomic mass is 32.1. The number of pyridine rings is 1. The SMILES string of the molecule is CCOc1ccc([C@H](C)NC(=O)c2sc(-c3ccccn3)nc2C)cc1. The van der Waals surface area contributed by atoms with Crippen molar-refractivity contribution in [3.8, 4) is 16.5 Å². The van der Waals surface area contributed by atoms with Gasteiger partial charge >= 0.3 is 0 Å². The first kappa shape index (κ1) is 18.1. The van der Waals surface area contributed by atoms with E-state index in [1.54, 1.807) is 6.20 Å². The van der Waals surface area contributed by atoms with Crippen LogP contribution in [0.3, 0.4) is 0 Å². The van der Waals surface area contributed by atoms with Crippen LogP contribution in [0.25, 0.3) is 10.7 Å². The maximum Gasteiger partial charge on any atom is 0.263 e. The number of carbonyl (C=O) groups excluding carboxylic acids is 1. The number of nitrogens with one attached hydrogen (secondary N) is 1. The molecule has 0 unspecified atom stereocenters. The Morgan fingerprint density at radius 3 is 2.65 bits per heavy atom. The molecule has 26 heavy (non-hydrogen) atoms. The van der Waals surface area contributed by atoms with Gasteiger partial charge in [0.15, 0.2) is 0 Å². The minimum absolute atomic E-state index is 0.113. The van der Waals surface area contributed by atoms with E-state index in [0.717, 1.165) is 22.0 Å². The number of thiazole rings is 1. The van der Waals surface area contributed by atoms with Crippen molar-refractivity contribution >= 4 is 17.2 Å². The first-order chi connectivity index (χ1) is 12.6. The molecular weight excluding hydrogens is 346 g/mol. The van der Waals surface area contributed by atoms with Gasteiger partial charge in [0.2, 0.25) is 0 Å². The Morgan fingerprint density at radius 2 is 2.00 bits per heavy atom. The van der Waals surface area contributed by atoms with Gasteiger partial charge in [-0.1, -0.05) is 18.2 Å². The van der Waals surface area contributed by atoms with Gasteiger partial charge in [-0.2, -0.15) is 0 Å². The highest BCUT2D eigenvalue weighted by Gasteiger charge is 2.19. The first-order valence-electron chi connectivity index (χ1n) is 8.51. The molecule has 0 aliphatic rings. The molecule has 1 N–H and O–H groups in total. The van der Waals surface area contributed by atoms with E-state index >= 15 is 0 Å². The van der Waals surface area contributed by atoms with Crippen molar-refractivity contribution in [3.63, 3.8) is 0 Å². The van der Waals surface area contributed by atoms with E-state index in [4.69, 9.17) is 4.74 Å². The maximum absolute atomic E-state index is 12.7. The van der Waals surface area contributed by atoms with Gasteiger partial charge in [-0.3, -0.25) is 9.78 Å². The number of carbonyl (C=O) groups is 1. The van der Waals surface area contributed by atoms with Crippen LogP contribution in [0.15, 0.2) is 48.7 Å². The second-order valence-corrected chi connectivity index (χ2v) is 6.84. The fourth-order valence-corrected chi connectivity index (χ4v) is 3.52. The van der Waals surface area contributed by atoms with Gasteiger partial charge in [-0.05, 0) is 50.6 Å². The summed E-state index contributed by atoms with van der Waals surface area (Å²) in [7, 11) is 0. The Labute approximate surface area is 157 Å². The molecule has 2 heterocycles. The first-order valence-corrected chi connectivity index (χ1v) is 9.32. The molecule has 0 saturated carbocycles. The molecule has 0 spiro atoms. The largest absolute Gasteiger partial charge is 0.494 e. The number of aromatic nitrogens is 2. The van der Waals surface area contributed by atoms with Crippen molar-refractivity contribution in [2.24, 2.45) is 0 Å². The summed E-state index contributed by atoms with van der Waals surface area (Å²) in [5, 5.41) is 3.79. The molecular formula is C20H21N3O2S. The van der Waals surface area contributed by atoms with Gasteiger partial charge in [0.05, 0.1) is 24.0 Å². The van der Waals surface area contributed by atoms with E-state index < -0.39 is 0 Å². The summed E-state index contributed by atoms with van der Waals surface area (Å²) in [5.74, 6) is 0.705. The standard InChI is InChI=1S/C20H21N3O2S/c1-4-25-16-10-8-15(9-11-16)13(2)22-19(24)18-14(3)23-20(26-18)17-7-5-6-12-21-17/h5-13H,4H2,1-3H3,(H,22,24)/t13-/m0/s1. The minimum atomic E-state index is -0.122. The second kappa shape index (κ2) is 8.10. The fraction of sp³-hybridized carbons (Fsp3) is 0.250. The Morgan fingerprint density at radius 1 is 1.23 bits per heavy atom. The summed E-state index contributed by atoms with van der Waals surface area (Å²) in [6, 6.07) is 13.3. The quantitative estimate of drug-likeness (QED) is 0.701. The van der Waals surface area contributed by atoms with Crippen LogP contribution in [0, 0.1) is 6.92 Å². The van der Waals surface area contributed by atoms with Crippen molar-refractivity contribution in [1.82, 2.24) is 15.3 Å². The van der Waals surface area contributed by atoms with Crippen molar-refractivity contribution in [1.29, 1.82) is 0 Å². The molecule has 0 aliphatic heterocycles. The number of hydrogen-bond donors (Lipinski definition) is 1. The lowest BCUT2D eigenvalue weighted by Crippen LogP contribution is -2.26. The molecule has 3 rings (SSSR count). The van der Waals surface area contributed by atoms with Crippen molar-refractivity contribution in [2.45, 2.75) is 26.8 Å². The van der Waals surface area contributed by atoms with E-state index in [-0.39, 0.29) is 11.9 Å². The molecule has 134 valence electrons. The molecule has 5 nitrogen and oxygen atoms in total. The van der Waals surface area contributed by atoms with E-state index in [1.165, 1.54) is 11.3 Å². The van der Waals surface area contributed by atoms with E-state index in [1.807, 2.05) is 63.2 Å². The van der Waals surface area contributed by atoms with E-state index in [2.05, 4.69) is 15.3 Å². The molecule has 1 atom stereocenters. The van der Waals surface area contributed by atoms with Gasteiger partial charge < -0.3 is 10.1 Å². The number of amides is 1. The molecule has 2 aromatic heterocycles. The van der Waals surface area contributed by atoms with Crippen LogP contribution in [0.4, 0.5) is 0 Å². The molecule has 6 heteroatoms. The molecule has 1 amide bonds. The highest BCUT2D eigenvalue weighted by molar-refractivity contribution is 7.17. The highest BCUT2D eigenvalue weighted by Crippen LogP contribution is 2.27. The minimum Gasteiger partial charge on any atom is -0.494 e. The van der Waals surface area contributed by atoms with Crippen LogP contribution in [0.2, 0.25) is 0 Å². The Hall–Kier alpha value is -2.73. The van der Waals surface area contributed by atoms with Crippen LogP contribution in [0.1, 0.15) is 40.8 Å². The number of rotatable bonds is 6. The number of nitrogens with zero attached hydrogens (tertiary/aromatic N) is 2. The summed E-state index contributed by atoms with van der Waals surface area (Å²) >= 11 is 1.36. The normalized spacial score (nSPS) is 11.8. The molecule has 3 aromatic rings. The molecule has 0 saturated heterocycles. The molecule has 0 bridgehead atoms. The van der Waals surface area contributed by atoms with Gasteiger partial charge in [-0.25, -0.2) is 4.98 Å². The van der Waals surface area contributed by atoms with Crippen LogP contribution in [-0.2, 0) is 0 Å². The third-order valence-electron chi connectivity index (χ3n) is 3.93. The predicted molar refractivity (Wildman–Crippen MR) is 104 cm³/mol. The summed E-state index contributed by atoms with van der Waals surface area (Å²) < 4.78 is 5.45. The number of hydrogen-bond acceptors (Lipinski definition) is 5. The van der Waals surface area contributed by atoms with Crippen LogP contribution >= 0.6 is 11.3 Å². The van der Waals surface area contributed by atoms with Crippen molar-refractivity contribution in [2.75, 3.05) is 6.61 Å². The summed E-state index contributed by atoms with van der Waals surface area (Å²) in [6.45, 7) is 6.39. The summed E-state index contributed by atoms with van der Waals surface area (Å²) in [5.41, 5.74) is 2.51. The van der Waals surface area contributed by atoms with Gasteiger partial charge in [0.1, 0.15) is 15.6 Å². The zero-order valence-electron chi connectivity index (χ0n) is 15.0. The van der Waals surface area contributed by atoms with Crippen LogP contribution in [0.5, 0.6) is 5.75 Å². The number of aryl methyl sites for hydroxylation is 1. The van der Waals surface area contributed by atoms with Crippen LogP contribution in [-0.4, -0.2) is 22.5 Å². The Balaban J connectivity index is 1.72. The number of ether oxygens (including phenoxy) is 1. The average molecular weight is 367 g/mol. The van der Waals surface area contributed by atoms with Crippen LogP contribution < -0.4 is 10.1 Å². The monoisotopic (exact) mass is 367 g/mol. The third kappa shape index (κ3) is 4.08. The Kier molecular flexibility index (Phi) is 5.63. The van der Waals surface area contributed by atoms with E-state index in [9.17, 15) is 4.79 Å². The zero-order valence-corrected chi connectivity index (χ0v) is 15.8. The maximum atomic E-state index is 12.7. The topological polar surface area (TPSA) is 64.1 Å². The van der Waals surface area contributed by atoms with Gasteiger partial charge in [-0.15, -0.1) is 11.3 Å². The molecule has 0 fully saturated rings. The van der Waals surface area contributed by atoms with Gasteiger partial charge in [0, 0.05) is 6.20 Å². The Bertz CT molecular complexity index is 876. The molecule has 0 aliphatic carbocycles. The van der Waals surface area contributed by atoms with Gasteiger partial charge in [0.25, 0.3) is 5.91 Å². The van der Waals surface area contributed by atoms with Crippen molar-refractivity contribution < 1.29 is 9.53 Å². The lowest BCUT2D eigenvalue weighted by Gasteiger charge is -2.14. The average Bonchev–Trinajstić information content (AvgIpc) is 3.05. The lowest BCUT2D eigenvalue weighted by molar-refractivity contribution is 0.0943. The molecule has 1 aromatic carbocycles. The molecule has 0 radical (unpaired) electrons. The second-order valence-electron chi connectivity index (χ2n) is 5.85. The van der Waals surface area contributed by atoms with Crippen molar-refractivity contribution in [3.05, 3.63) is 64.8 Å². The summed E-state index contributed by atoms with van der Waals surface area (Å²) in [4.78, 5) is 22.1. The summed E-state index contributed by atoms with van der Waals surface area (Å²) in [6.07, 6.45) is 1.72.